The van der Waals surface area contributed by atoms with Crippen LogP contribution in [-0.4, -0.2) is 19.9 Å². The second-order valence-electron chi connectivity index (χ2n) is 5.11. The number of thiazole rings is 1. The molecule has 24 heavy (non-hydrogen) atoms. The molecule has 0 spiro atoms. The van der Waals surface area contributed by atoms with Gasteiger partial charge in [0.15, 0.2) is 0 Å². The fourth-order valence-corrected chi connectivity index (χ4v) is 5.30. The van der Waals surface area contributed by atoms with E-state index in [0.717, 1.165) is 21.1 Å². The fourth-order valence-electron chi connectivity index (χ4n) is 2.16. The van der Waals surface area contributed by atoms with Crippen LogP contribution >= 0.6 is 22.7 Å². The van der Waals surface area contributed by atoms with E-state index in [1.807, 2.05) is 6.92 Å². The zero-order valence-electron chi connectivity index (χ0n) is 12.8. The Morgan fingerprint density at radius 3 is 2.62 bits per heavy atom. The van der Waals surface area contributed by atoms with Gasteiger partial charge in [0.1, 0.15) is 15.0 Å². The number of nitrogens with one attached hydrogen (secondary N) is 1. The lowest BCUT2D eigenvalue weighted by Gasteiger charge is -2.03. The minimum Gasteiger partial charge on any atom is -0.241 e. The molecule has 0 saturated carbocycles. The second-order valence-corrected chi connectivity index (χ2v) is 9.14. The molecule has 2 heterocycles. The quantitative estimate of drug-likeness (QED) is 0.705. The number of rotatable bonds is 6. The van der Waals surface area contributed by atoms with Crippen LogP contribution in [0.5, 0.6) is 0 Å². The van der Waals surface area contributed by atoms with Crippen molar-refractivity contribution in [1.82, 2.24) is 9.71 Å². The van der Waals surface area contributed by atoms with Crippen molar-refractivity contribution in [2.24, 2.45) is 0 Å². The first-order valence-corrected chi connectivity index (χ1v) is 10.4. The summed E-state index contributed by atoms with van der Waals surface area (Å²) in [5, 5.41) is 2.54. The molecule has 0 atom stereocenters. The maximum atomic E-state index is 13.0. The highest BCUT2D eigenvalue weighted by Crippen LogP contribution is 2.28. The molecule has 0 aliphatic heterocycles. The Morgan fingerprint density at radius 2 is 1.96 bits per heavy atom. The third-order valence-corrected chi connectivity index (χ3v) is 7.51. The summed E-state index contributed by atoms with van der Waals surface area (Å²) in [7, 11) is -3.44. The number of aryl methyl sites for hydroxylation is 1. The van der Waals surface area contributed by atoms with E-state index in [2.05, 4.69) is 9.71 Å². The smallest absolute Gasteiger partial charge is 0.241 e. The van der Waals surface area contributed by atoms with Gasteiger partial charge in [-0.3, -0.25) is 0 Å². The third kappa shape index (κ3) is 3.89. The standard InChI is InChI=1S/C16H15FN2O2S3/c1-11-14(8-9-18-24(20,21)15-3-2-10-22-15)23-16(19-11)12-4-6-13(17)7-5-12/h2-7,10,18H,8-9H2,1H3. The van der Waals surface area contributed by atoms with E-state index in [1.165, 1.54) is 34.8 Å². The topological polar surface area (TPSA) is 59.1 Å². The first-order valence-electron chi connectivity index (χ1n) is 7.21. The SMILES string of the molecule is Cc1nc(-c2ccc(F)cc2)sc1CCNS(=O)(=O)c1cccs1. The van der Waals surface area contributed by atoms with Crippen LogP contribution in [0.4, 0.5) is 4.39 Å². The Hall–Kier alpha value is -1.61. The maximum absolute atomic E-state index is 13.0. The van der Waals surface area contributed by atoms with Gasteiger partial charge >= 0.3 is 0 Å². The number of benzene rings is 1. The predicted molar refractivity (Wildman–Crippen MR) is 95.5 cm³/mol. The molecule has 0 saturated heterocycles. The van der Waals surface area contributed by atoms with Crippen LogP contribution in [0.3, 0.4) is 0 Å². The number of thiophene rings is 1. The third-order valence-electron chi connectivity index (χ3n) is 3.39. The molecule has 0 aliphatic carbocycles. The van der Waals surface area contributed by atoms with Gasteiger partial charge in [-0.1, -0.05) is 6.07 Å². The molecule has 126 valence electrons. The zero-order chi connectivity index (χ0) is 17.2. The molecule has 0 aliphatic rings. The summed E-state index contributed by atoms with van der Waals surface area (Å²) in [6.07, 6.45) is 0.565. The fraction of sp³-hybridized carbons (Fsp3) is 0.188. The Kier molecular flexibility index (Phi) is 5.09. The molecule has 1 aromatic carbocycles. The average molecular weight is 383 g/mol. The van der Waals surface area contributed by atoms with Gasteiger partial charge in [-0.25, -0.2) is 22.5 Å². The van der Waals surface area contributed by atoms with Crippen molar-refractivity contribution >= 4 is 32.7 Å². The Labute approximate surface area is 148 Å². The summed E-state index contributed by atoms with van der Waals surface area (Å²) >= 11 is 2.69. The van der Waals surface area contributed by atoms with E-state index in [4.69, 9.17) is 0 Å². The molecule has 0 fully saturated rings. The lowest BCUT2D eigenvalue weighted by molar-refractivity contribution is 0.584. The van der Waals surface area contributed by atoms with E-state index in [9.17, 15) is 12.8 Å². The molecular formula is C16H15FN2O2S3. The number of hydrogen-bond donors (Lipinski definition) is 1. The number of sulfonamides is 1. The van der Waals surface area contributed by atoms with Gasteiger partial charge in [0.05, 0.1) is 5.69 Å². The molecule has 4 nitrogen and oxygen atoms in total. The van der Waals surface area contributed by atoms with Gasteiger partial charge in [0.2, 0.25) is 10.0 Å². The average Bonchev–Trinajstić information content (AvgIpc) is 3.19. The van der Waals surface area contributed by atoms with Gasteiger partial charge < -0.3 is 0 Å². The van der Waals surface area contributed by atoms with Crippen LogP contribution in [0.1, 0.15) is 10.6 Å². The van der Waals surface area contributed by atoms with Gasteiger partial charge in [-0.2, -0.15) is 0 Å². The molecule has 8 heteroatoms. The Bertz CT molecular complexity index is 917. The molecule has 1 N–H and O–H groups in total. The normalized spacial score (nSPS) is 11.8. The summed E-state index contributed by atoms with van der Waals surface area (Å²) in [5.41, 5.74) is 1.73. The highest BCUT2D eigenvalue weighted by atomic mass is 32.2. The molecule has 2 aromatic heterocycles. The lowest BCUT2D eigenvalue weighted by Crippen LogP contribution is -2.25. The molecule has 0 radical (unpaired) electrons. The number of halogens is 1. The van der Waals surface area contributed by atoms with Crippen LogP contribution in [0.25, 0.3) is 10.6 Å². The highest BCUT2D eigenvalue weighted by molar-refractivity contribution is 7.91. The van der Waals surface area contributed by atoms with Crippen LogP contribution < -0.4 is 4.72 Å². The first-order chi connectivity index (χ1) is 11.5. The summed E-state index contributed by atoms with van der Waals surface area (Å²) in [4.78, 5) is 5.51. The Morgan fingerprint density at radius 1 is 1.21 bits per heavy atom. The van der Waals surface area contributed by atoms with Gasteiger partial charge in [-0.05, 0) is 49.1 Å². The van der Waals surface area contributed by atoms with Crippen molar-refractivity contribution in [1.29, 1.82) is 0 Å². The molecule has 0 bridgehead atoms. The van der Waals surface area contributed by atoms with Crippen molar-refractivity contribution in [2.75, 3.05) is 6.54 Å². The summed E-state index contributed by atoms with van der Waals surface area (Å²) in [5.74, 6) is -0.282. The van der Waals surface area contributed by atoms with Crippen LogP contribution in [0.2, 0.25) is 0 Å². The van der Waals surface area contributed by atoms with Crippen molar-refractivity contribution in [3.05, 3.63) is 58.2 Å². The lowest BCUT2D eigenvalue weighted by atomic mass is 10.2. The van der Waals surface area contributed by atoms with Gasteiger partial charge in [0, 0.05) is 17.0 Å². The number of aromatic nitrogens is 1. The first kappa shape index (κ1) is 17.2. The highest BCUT2D eigenvalue weighted by Gasteiger charge is 2.15. The Balaban J connectivity index is 1.67. The van der Waals surface area contributed by atoms with E-state index in [0.29, 0.717) is 17.2 Å². The van der Waals surface area contributed by atoms with Crippen molar-refractivity contribution in [2.45, 2.75) is 17.6 Å². The molecular weight excluding hydrogens is 367 g/mol. The molecule has 3 rings (SSSR count). The van der Waals surface area contributed by atoms with Crippen LogP contribution in [0, 0.1) is 12.7 Å². The van der Waals surface area contributed by atoms with E-state index in [1.54, 1.807) is 29.6 Å². The number of hydrogen-bond acceptors (Lipinski definition) is 5. The van der Waals surface area contributed by atoms with Crippen molar-refractivity contribution < 1.29 is 12.8 Å². The minimum atomic E-state index is -3.44. The largest absolute Gasteiger partial charge is 0.250 e. The van der Waals surface area contributed by atoms with E-state index < -0.39 is 10.0 Å². The summed E-state index contributed by atoms with van der Waals surface area (Å²) in [6, 6.07) is 9.48. The molecule has 3 aromatic rings. The van der Waals surface area contributed by atoms with E-state index in [-0.39, 0.29) is 5.82 Å². The van der Waals surface area contributed by atoms with E-state index >= 15 is 0 Å². The zero-order valence-corrected chi connectivity index (χ0v) is 15.3. The van der Waals surface area contributed by atoms with Crippen molar-refractivity contribution in [3.63, 3.8) is 0 Å². The predicted octanol–water partition coefficient (Wildman–Crippen LogP) is 3.84. The minimum absolute atomic E-state index is 0.282. The maximum Gasteiger partial charge on any atom is 0.250 e. The summed E-state index contributed by atoms with van der Waals surface area (Å²) < 4.78 is 40.1. The number of nitrogens with zero attached hydrogens (tertiary/aromatic N) is 1. The molecule has 0 amide bonds. The summed E-state index contributed by atoms with van der Waals surface area (Å²) in [6.45, 7) is 2.21. The van der Waals surface area contributed by atoms with Gasteiger partial charge in [-0.15, -0.1) is 22.7 Å². The molecule has 0 unspecified atom stereocenters. The van der Waals surface area contributed by atoms with Crippen LogP contribution in [-0.2, 0) is 16.4 Å². The van der Waals surface area contributed by atoms with Crippen molar-refractivity contribution in [3.8, 4) is 10.6 Å². The second kappa shape index (κ2) is 7.10. The van der Waals surface area contributed by atoms with Gasteiger partial charge in [0.25, 0.3) is 0 Å². The monoisotopic (exact) mass is 382 g/mol. The van der Waals surface area contributed by atoms with Crippen LogP contribution in [0.15, 0.2) is 46.0 Å².